The fourth-order valence-corrected chi connectivity index (χ4v) is 4.56. The van der Waals surface area contributed by atoms with Gasteiger partial charge in [0.15, 0.2) is 0 Å². The molecule has 7 heteroatoms. The van der Waals surface area contributed by atoms with Gasteiger partial charge in [0.25, 0.3) is 0 Å². The van der Waals surface area contributed by atoms with Gasteiger partial charge in [-0.3, -0.25) is 4.90 Å². The normalized spacial score (nSPS) is 21.2. The number of piperidine rings is 1. The van der Waals surface area contributed by atoms with Crippen LogP contribution in [-0.2, 0) is 27.5 Å². The van der Waals surface area contributed by atoms with Crippen molar-refractivity contribution in [2.24, 2.45) is 5.41 Å². The van der Waals surface area contributed by atoms with Crippen molar-refractivity contribution in [1.82, 2.24) is 4.90 Å². The zero-order valence-corrected chi connectivity index (χ0v) is 17.1. The average Bonchev–Trinajstić information content (AvgIpc) is 2.76. The third-order valence-electron chi connectivity index (χ3n) is 6.09. The van der Waals surface area contributed by atoms with Crippen LogP contribution in [0.4, 0.5) is 13.6 Å². The fraction of sp³-hybridized carbons (Fsp3) is 0.417. The van der Waals surface area contributed by atoms with Gasteiger partial charge in [0.05, 0.1) is 0 Å². The highest BCUT2D eigenvalue weighted by molar-refractivity contribution is 5.82. The first-order chi connectivity index (χ1) is 14.9. The highest BCUT2D eigenvalue weighted by Crippen LogP contribution is 2.58. The first-order valence-electron chi connectivity index (χ1n) is 10.4. The Labute approximate surface area is 179 Å². The number of likely N-dealkylation sites (tertiary alicyclic amines) is 1. The van der Waals surface area contributed by atoms with Crippen molar-refractivity contribution < 1.29 is 27.8 Å². The molecule has 0 unspecified atom stereocenters. The molecule has 1 spiro atoms. The smallest absolute Gasteiger partial charge is 0.410 e. The lowest BCUT2D eigenvalue weighted by Gasteiger charge is -2.53. The van der Waals surface area contributed by atoms with E-state index in [0.717, 1.165) is 11.1 Å². The quantitative estimate of drug-likeness (QED) is 0.632. The van der Waals surface area contributed by atoms with Gasteiger partial charge >= 0.3 is 12.1 Å². The minimum absolute atomic E-state index is 0.0617. The Bertz CT molecular complexity index is 912. The van der Waals surface area contributed by atoms with Crippen LogP contribution in [0.1, 0.15) is 36.8 Å². The fourth-order valence-electron chi connectivity index (χ4n) is 4.56. The summed E-state index contributed by atoms with van der Waals surface area (Å²) in [4.78, 5) is 27.0. The Morgan fingerprint density at radius 2 is 1.45 bits per heavy atom. The predicted octanol–water partition coefficient (Wildman–Crippen LogP) is 4.95. The molecule has 2 aromatic rings. The van der Waals surface area contributed by atoms with Gasteiger partial charge in [-0.15, -0.1) is 0 Å². The van der Waals surface area contributed by atoms with Crippen LogP contribution in [0, 0.1) is 5.41 Å². The molecule has 1 aliphatic heterocycles. The maximum Gasteiger partial charge on any atom is 0.410 e. The molecular weight excluding hydrogens is 404 g/mol. The standard InChI is InChI=1S/C24H25F2NO4/c25-24(26)16-23(17-24)11-12-27(22(29)31-15-19-9-5-2-6-10-19)20(13-23)21(28)30-14-18-7-3-1-4-8-18/h1-10,20H,11-17H2/t20-/m0/s1. The molecule has 2 aromatic carbocycles. The number of halogens is 2. The Kier molecular flexibility index (Phi) is 5.94. The lowest BCUT2D eigenvalue weighted by molar-refractivity contribution is -0.190. The second kappa shape index (κ2) is 8.65. The molecule has 5 nitrogen and oxygen atoms in total. The number of benzene rings is 2. The number of nitrogens with zero attached hydrogens (tertiary/aromatic N) is 1. The Morgan fingerprint density at radius 1 is 0.903 bits per heavy atom. The molecule has 1 saturated heterocycles. The summed E-state index contributed by atoms with van der Waals surface area (Å²) in [6.07, 6.45) is -0.557. The van der Waals surface area contributed by atoms with Gasteiger partial charge in [0, 0.05) is 19.4 Å². The summed E-state index contributed by atoms with van der Waals surface area (Å²) < 4.78 is 38.1. The SMILES string of the molecule is O=C(OCc1ccccc1)[C@@H]1CC2(CCN1C(=O)OCc1ccccc1)CC(F)(F)C2. The first kappa shape index (κ1) is 21.3. The minimum atomic E-state index is -2.70. The molecule has 1 saturated carbocycles. The van der Waals surface area contributed by atoms with Crippen molar-refractivity contribution in [3.63, 3.8) is 0 Å². The van der Waals surface area contributed by atoms with Gasteiger partial charge in [0.1, 0.15) is 19.3 Å². The van der Waals surface area contributed by atoms with Crippen LogP contribution in [0.25, 0.3) is 0 Å². The predicted molar refractivity (Wildman–Crippen MR) is 109 cm³/mol. The molecule has 4 rings (SSSR count). The van der Waals surface area contributed by atoms with Gasteiger partial charge in [0.2, 0.25) is 5.92 Å². The van der Waals surface area contributed by atoms with Crippen molar-refractivity contribution in [3.05, 3.63) is 71.8 Å². The van der Waals surface area contributed by atoms with Crippen LogP contribution in [-0.4, -0.2) is 35.5 Å². The minimum Gasteiger partial charge on any atom is -0.459 e. The van der Waals surface area contributed by atoms with Crippen molar-refractivity contribution in [1.29, 1.82) is 0 Å². The van der Waals surface area contributed by atoms with E-state index in [0.29, 0.717) is 6.42 Å². The molecule has 2 aliphatic rings. The van der Waals surface area contributed by atoms with E-state index in [1.807, 2.05) is 60.7 Å². The van der Waals surface area contributed by atoms with E-state index in [2.05, 4.69) is 0 Å². The largest absolute Gasteiger partial charge is 0.459 e. The number of carbonyl (C=O) groups is 2. The first-order valence-corrected chi connectivity index (χ1v) is 10.4. The summed E-state index contributed by atoms with van der Waals surface area (Å²) in [6.45, 7) is 0.326. The van der Waals surface area contributed by atoms with Gasteiger partial charge in [-0.25, -0.2) is 18.4 Å². The number of amides is 1. The monoisotopic (exact) mass is 429 g/mol. The van der Waals surface area contributed by atoms with E-state index in [4.69, 9.17) is 9.47 Å². The Balaban J connectivity index is 1.43. The Hall–Kier alpha value is -2.96. The van der Waals surface area contributed by atoms with Gasteiger partial charge < -0.3 is 9.47 Å². The highest BCUT2D eigenvalue weighted by atomic mass is 19.3. The maximum atomic E-state index is 13.6. The molecule has 0 aromatic heterocycles. The lowest BCUT2D eigenvalue weighted by Crippen LogP contribution is -2.59. The summed E-state index contributed by atoms with van der Waals surface area (Å²) in [5, 5.41) is 0. The van der Waals surface area contributed by atoms with E-state index < -0.39 is 29.4 Å². The third kappa shape index (κ3) is 5.03. The van der Waals surface area contributed by atoms with Crippen LogP contribution in [0.5, 0.6) is 0 Å². The molecular formula is C24H25F2NO4. The summed E-state index contributed by atoms with van der Waals surface area (Å²) in [5.74, 6) is -3.29. The third-order valence-corrected chi connectivity index (χ3v) is 6.09. The van der Waals surface area contributed by atoms with Crippen LogP contribution in [0.2, 0.25) is 0 Å². The molecule has 164 valence electrons. The molecule has 0 N–H and O–H groups in total. The number of alkyl halides is 2. The van der Waals surface area contributed by atoms with Crippen LogP contribution in [0.3, 0.4) is 0 Å². The number of hydrogen-bond donors (Lipinski definition) is 0. The molecule has 0 bridgehead atoms. The van der Waals surface area contributed by atoms with E-state index >= 15 is 0 Å². The molecule has 2 fully saturated rings. The van der Waals surface area contributed by atoms with Crippen LogP contribution in [0.15, 0.2) is 60.7 Å². The van der Waals surface area contributed by atoms with Crippen LogP contribution >= 0.6 is 0 Å². The van der Waals surface area contributed by atoms with Gasteiger partial charge in [-0.05, 0) is 29.4 Å². The van der Waals surface area contributed by atoms with Crippen molar-refractivity contribution in [3.8, 4) is 0 Å². The van der Waals surface area contributed by atoms with E-state index in [1.165, 1.54) is 4.90 Å². The second-order valence-corrected chi connectivity index (χ2v) is 8.51. The van der Waals surface area contributed by atoms with Gasteiger partial charge in [-0.1, -0.05) is 60.7 Å². The molecule has 1 amide bonds. The molecule has 1 atom stereocenters. The molecule has 31 heavy (non-hydrogen) atoms. The van der Waals surface area contributed by atoms with Crippen molar-refractivity contribution in [2.75, 3.05) is 6.54 Å². The summed E-state index contributed by atoms with van der Waals surface area (Å²) in [7, 11) is 0. The number of esters is 1. The molecule has 1 aliphatic carbocycles. The molecule has 0 radical (unpaired) electrons. The number of carbonyl (C=O) groups excluding carboxylic acids is 2. The highest BCUT2D eigenvalue weighted by Gasteiger charge is 2.60. The number of ether oxygens (including phenoxy) is 2. The maximum absolute atomic E-state index is 13.6. The van der Waals surface area contributed by atoms with E-state index in [-0.39, 0.29) is 39.0 Å². The second-order valence-electron chi connectivity index (χ2n) is 8.51. The topological polar surface area (TPSA) is 55.8 Å². The zero-order valence-electron chi connectivity index (χ0n) is 17.1. The summed E-state index contributed by atoms with van der Waals surface area (Å²) in [5.41, 5.74) is 1.01. The van der Waals surface area contributed by atoms with Crippen LogP contribution < -0.4 is 0 Å². The average molecular weight is 429 g/mol. The van der Waals surface area contributed by atoms with Gasteiger partial charge in [-0.2, -0.15) is 0 Å². The summed E-state index contributed by atoms with van der Waals surface area (Å²) >= 11 is 0. The van der Waals surface area contributed by atoms with Crippen molar-refractivity contribution >= 4 is 12.1 Å². The Morgan fingerprint density at radius 3 is 2.00 bits per heavy atom. The van der Waals surface area contributed by atoms with E-state index in [1.54, 1.807) is 0 Å². The number of hydrogen-bond acceptors (Lipinski definition) is 4. The van der Waals surface area contributed by atoms with Crippen molar-refractivity contribution in [2.45, 2.75) is 50.9 Å². The van der Waals surface area contributed by atoms with E-state index in [9.17, 15) is 18.4 Å². The number of rotatable bonds is 5. The molecule has 1 heterocycles. The summed E-state index contributed by atoms with van der Waals surface area (Å²) in [6, 6.07) is 17.5. The zero-order chi connectivity index (χ0) is 21.9. The lowest BCUT2D eigenvalue weighted by atomic mass is 9.59.